The Balaban J connectivity index is 1.40. The van der Waals surface area contributed by atoms with E-state index in [0.717, 1.165) is 5.56 Å². The van der Waals surface area contributed by atoms with Gasteiger partial charge in [-0.3, -0.25) is 24.3 Å². The van der Waals surface area contributed by atoms with Crippen LogP contribution in [0, 0.1) is 29.8 Å². The number of carbonyl (C=O) groups excluding carboxylic acids is 1. The van der Waals surface area contributed by atoms with Crippen molar-refractivity contribution in [2.45, 2.75) is 26.9 Å². The Morgan fingerprint density at radius 2 is 1.85 bits per heavy atom. The number of nitrogens with zero attached hydrogens (tertiary/aromatic N) is 5. The van der Waals surface area contributed by atoms with Crippen molar-refractivity contribution in [1.82, 2.24) is 19.6 Å². The van der Waals surface area contributed by atoms with Gasteiger partial charge >= 0.3 is 5.69 Å². The number of anilines is 1. The molecule has 0 aliphatic rings. The number of aryl methyl sites for hydroxylation is 1. The van der Waals surface area contributed by atoms with E-state index in [0.29, 0.717) is 34.7 Å². The number of halogens is 1. The van der Waals surface area contributed by atoms with E-state index in [-0.39, 0.29) is 24.0 Å². The topological polar surface area (TPSA) is 108 Å². The monoisotopic (exact) mass is 448 g/mol. The van der Waals surface area contributed by atoms with Gasteiger partial charge in [0.15, 0.2) is 0 Å². The van der Waals surface area contributed by atoms with Gasteiger partial charge in [0.2, 0.25) is 0 Å². The summed E-state index contributed by atoms with van der Waals surface area (Å²) in [5.41, 5.74) is 3.15. The highest BCUT2D eigenvalue weighted by atomic mass is 19.1. The van der Waals surface area contributed by atoms with Gasteiger partial charge in [-0.1, -0.05) is 30.3 Å². The number of nitrogens with one attached hydrogen (secondary N) is 1. The summed E-state index contributed by atoms with van der Waals surface area (Å²) >= 11 is 0. The molecule has 10 heteroatoms. The minimum Gasteiger partial charge on any atom is -0.319 e. The third-order valence-electron chi connectivity index (χ3n) is 5.26. The van der Waals surface area contributed by atoms with E-state index in [2.05, 4.69) is 15.5 Å². The Bertz CT molecular complexity index is 1330. The van der Waals surface area contributed by atoms with Crippen LogP contribution >= 0.6 is 0 Å². The van der Waals surface area contributed by atoms with Crippen molar-refractivity contribution in [3.05, 3.63) is 105 Å². The zero-order chi connectivity index (χ0) is 23.5. The summed E-state index contributed by atoms with van der Waals surface area (Å²) in [7, 11) is 0. The normalized spacial score (nSPS) is 10.9. The second-order valence-corrected chi connectivity index (χ2v) is 7.60. The molecule has 4 rings (SSSR count). The summed E-state index contributed by atoms with van der Waals surface area (Å²) in [5, 5.41) is 22.4. The third-order valence-corrected chi connectivity index (χ3v) is 5.26. The Hall–Kier alpha value is -4.34. The van der Waals surface area contributed by atoms with Crippen LogP contribution in [0.2, 0.25) is 0 Å². The van der Waals surface area contributed by atoms with Crippen molar-refractivity contribution in [3.8, 4) is 0 Å². The molecule has 1 N–H and O–H groups in total. The lowest BCUT2D eigenvalue weighted by molar-refractivity contribution is -0.386. The molecule has 0 unspecified atom stereocenters. The number of benzene rings is 2. The van der Waals surface area contributed by atoms with Crippen molar-refractivity contribution in [1.29, 1.82) is 0 Å². The van der Waals surface area contributed by atoms with Crippen molar-refractivity contribution in [3.63, 3.8) is 0 Å². The molecule has 0 saturated carbocycles. The molecule has 2 aromatic carbocycles. The molecule has 9 nitrogen and oxygen atoms in total. The van der Waals surface area contributed by atoms with Gasteiger partial charge in [0, 0.05) is 17.3 Å². The van der Waals surface area contributed by atoms with Crippen LogP contribution in [0.5, 0.6) is 0 Å². The molecule has 0 aliphatic heterocycles. The van der Waals surface area contributed by atoms with Crippen LogP contribution in [0.15, 0.2) is 60.9 Å². The minimum atomic E-state index is -0.430. The second-order valence-electron chi connectivity index (χ2n) is 7.60. The van der Waals surface area contributed by atoms with Crippen LogP contribution in [0.1, 0.15) is 32.9 Å². The predicted molar refractivity (Wildman–Crippen MR) is 120 cm³/mol. The summed E-state index contributed by atoms with van der Waals surface area (Å²) in [6, 6.07) is 13.4. The lowest BCUT2D eigenvalue weighted by Crippen LogP contribution is -2.12. The zero-order valence-corrected chi connectivity index (χ0v) is 18.0. The zero-order valence-electron chi connectivity index (χ0n) is 18.0. The number of carbonyl (C=O) groups is 1. The van der Waals surface area contributed by atoms with Gasteiger partial charge in [0.05, 0.1) is 29.9 Å². The SMILES string of the molecule is Cc1nn(Cc2ccc(C(=O)Nc3cnn(Cc4ccccc4F)c3)cc2)c(C)c1[N+](=O)[O-]. The minimum absolute atomic E-state index is 0.0153. The van der Waals surface area contributed by atoms with Gasteiger partial charge in [-0.25, -0.2) is 4.39 Å². The largest absolute Gasteiger partial charge is 0.319 e. The van der Waals surface area contributed by atoms with E-state index in [1.54, 1.807) is 71.9 Å². The number of amides is 1. The Morgan fingerprint density at radius 1 is 1.12 bits per heavy atom. The van der Waals surface area contributed by atoms with E-state index < -0.39 is 4.92 Å². The fourth-order valence-electron chi connectivity index (χ4n) is 3.56. The van der Waals surface area contributed by atoms with Gasteiger partial charge in [-0.2, -0.15) is 10.2 Å². The first-order chi connectivity index (χ1) is 15.8. The van der Waals surface area contributed by atoms with Crippen LogP contribution < -0.4 is 5.32 Å². The first kappa shape index (κ1) is 21.9. The smallest absolute Gasteiger partial charge is 0.312 e. The van der Waals surface area contributed by atoms with Crippen LogP contribution in [-0.2, 0) is 13.1 Å². The maximum Gasteiger partial charge on any atom is 0.312 e. The summed E-state index contributed by atoms with van der Waals surface area (Å²) in [4.78, 5) is 23.3. The molecule has 2 heterocycles. The Kier molecular flexibility index (Phi) is 5.99. The maximum atomic E-state index is 13.8. The van der Waals surface area contributed by atoms with Crippen LogP contribution in [0.4, 0.5) is 15.8 Å². The van der Waals surface area contributed by atoms with E-state index in [9.17, 15) is 19.3 Å². The number of hydrogen-bond donors (Lipinski definition) is 1. The molecule has 0 bridgehead atoms. The lowest BCUT2D eigenvalue weighted by atomic mass is 10.1. The number of aromatic nitrogens is 4. The average Bonchev–Trinajstić information content (AvgIpc) is 3.33. The van der Waals surface area contributed by atoms with Gasteiger partial charge < -0.3 is 5.32 Å². The molecule has 0 aliphatic carbocycles. The van der Waals surface area contributed by atoms with E-state index in [1.165, 1.54) is 12.3 Å². The summed E-state index contributed by atoms with van der Waals surface area (Å²) in [6.07, 6.45) is 3.14. The van der Waals surface area contributed by atoms with E-state index >= 15 is 0 Å². The van der Waals surface area contributed by atoms with Gasteiger partial charge in [-0.05, 0) is 37.6 Å². The summed E-state index contributed by atoms with van der Waals surface area (Å²) in [5.74, 6) is -0.623. The molecule has 0 saturated heterocycles. The molecule has 0 atom stereocenters. The highest BCUT2D eigenvalue weighted by molar-refractivity contribution is 6.04. The number of nitro groups is 1. The average molecular weight is 448 g/mol. The van der Waals surface area contributed by atoms with Gasteiger partial charge in [0.25, 0.3) is 5.91 Å². The van der Waals surface area contributed by atoms with E-state index in [1.807, 2.05) is 0 Å². The van der Waals surface area contributed by atoms with Crippen molar-refractivity contribution < 1.29 is 14.1 Å². The molecule has 0 spiro atoms. The number of hydrogen-bond acceptors (Lipinski definition) is 5. The van der Waals surface area contributed by atoms with Crippen LogP contribution in [-0.4, -0.2) is 30.4 Å². The molecular formula is C23H21FN6O3. The highest BCUT2D eigenvalue weighted by Gasteiger charge is 2.21. The van der Waals surface area contributed by atoms with Crippen LogP contribution in [0.3, 0.4) is 0 Å². The highest BCUT2D eigenvalue weighted by Crippen LogP contribution is 2.22. The Morgan fingerprint density at radius 3 is 2.52 bits per heavy atom. The summed E-state index contributed by atoms with van der Waals surface area (Å²) < 4.78 is 16.9. The molecule has 1 amide bonds. The quantitative estimate of drug-likeness (QED) is 0.338. The van der Waals surface area contributed by atoms with Gasteiger partial charge in [0.1, 0.15) is 17.2 Å². The fourth-order valence-corrected chi connectivity index (χ4v) is 3.56. The fraction of sp³-hybridized carbons (Fsp3) is 0.174. The molecule has 0 radical (unpaired) electrons. The molecule has 0 fully saturated rings. The summed E-state index contributed by atoms with van der Waals surface area (Å²) in [6.45, 7) is 3.87. The molecule has 33 heavy (non-hydrogen) atoms. The molecule has 4 aromatic rings. The van der Waals surface area contributed by atoms with Crippen LogP contribution in [0.25, 0.3) is 0 Å². The molecule has 2 aromatic heterocycles. The first-order valence-electron chi connectivity index (χ1n) is 10.2. The second kappa shape index (κ2) is 9.03. The molecule has 168 valence electrons. The predicted octanol–water partition coefficient (Wildman–Crippen LogP) is 4.09. The van der Waals surface area contributed by atoms with Crippen molar-refractivity contribution in [2.24, 2.45) is 0 Å². The third kappa shape index (κ3) is 4.79. The lowest BCUT2D eigenvalue weighted by Gasteiger charge is -2.06. The van der Waals surface area contributed by atoms with Crippen molar-refractivity contribution in [2.75, 3.05) is 5.32 Å². The molecular weight excluding hydrogens is 427 g/mol. The van der Waals surface area contributed by atoms with E-state index in [4.69, 9.17) is 0 Å². The maximum absolute atomic E-state index is 13.8. The standard InChI is InChI=1S/C23H21FN6O3/c1-15-22(30(32)33)16(2)29(27-15)12-17-7-9-18(10-8-17)23(31)26-20-11-25-28(14-20)13-19-5-3-4-6-21(19)24/h3-11,14H,12-13H2,1-2H3,(H,26,31). The number of rotatable bonds is 7. The van der Waals surface area contributed by atoms with Crippen molar-refractivity contribution >= 4 is 17.3 Å². The Labute approximate surface area is 188 Å². The first-order valence-corrected chi connectivity index (χ1v) is 10.2. The van der Waals surface area contributed by atoms with Gasteiger partial charge in [-0.15, -0.1) is 0 Å².